The Balaban J connectivity index is 1.99. The Kier molecular flexibility index (Phi) is 5.66. The van der Waals surface area contributed by atoms with Crippen molar-refractivity contribution in [2.24, 2.45) is 0 Å². The van der Waals surface area contributed by atoms with Crippen molar-refractivity contribution in [1.82, 2.24) is 15.5 Å². The standard InChI is InChI=1S/C16H22ClN3O2/c1-3-18-15(21)10-20(4-2)16(22)19-14-8-5-11-9-12(17)6-7-13(11)14/h6-7,9,14H,3-5,8,10H2,1-2H3,(H,18,21)(H,19,22)/t14-/m0/s1. The molecule has 0 spiro atoms. The van der Waals surface area contributed by atoms with Gasteiger partial charge in [0.05, 0.1) is 6.04 Å². The third-order valence-corrected chi connectivity index (χ3v) is 4.09. The number of likely N-dealkylation sites (N-methyl/N-ethyl adjacent to an activating group) is 2. The number of carbonyl (C=O) groups excluding carboxylic acids is 2. The molecule has 0 bridgehead atoms. The van der Waals surface area contributed by atoms with Crippen LogP contribution in [0.5, 0.6) is 0 Å². The highest BCUT2D eigenvalue weighted by Gasteiger charge is 2.26. The molecule has 1 aliphatic carbocycles. The summed E-state index contributed by atoms with van der Waals surface area (Å²) in [6.45, 7) is 4.85. The van der Waals surface area contributed by atoms with Crippen LogP contribution >= 0.6 is 11.6 Å². The van der Waals surface area contributed by atoms with Gasteiger partial charge in [0.2, 0.25) is 5.91 Å². The summed E-state index contributed by atoms with van der Waals surface area (Å²) in [7, 11) is 0. The second-order valence-corrected chi connectivity index (χ2v) is 5.79. The monoisotopic (exact) mass is 323 g/mol. The minimum absolute atomic E-state index is 0.0111. The van der Waals surface area contributed by atoms with Crippen LogP contribution < -0.4 is 10.6 Å². The van der Waals surface area contributed by atoms with Crippen molar-refractivity contribution in [2.45, 2.75) is 32.7 Å². The summed E-state index contributed by atoms with van der Waals surface area (Å²) in [5.74, 6) is -0.141. The van der Waals surface area contributed by atoms with E-state index in [0.29, 0.717) is 13.1 Å². The Morgan fingerprint density at radius 1 is 1.36 bits per heavy atom. The Labute approximate surface area is 136 Å². The van der Waals surface area contributed by atoms with Gasteiger partial charge < -0.3 is 15.5 Å². The van der Waals surface area contributed by atoms with Gasteiger partial charge in [-0.25, -0.2) is 4.79 Å². The number of halogens is 1. The molecule has 6 heteroatoms. The summed E-state index contributed by atoms with van der Waals surface area (Å²) in [4.78, 5) is 25.5. The summed E-state index contributed by atoms with van der Waals surface area (Å²) < 4.78 is 0. The average Bonchev–Trinajstić information content (AvgIpc) is 2.87. The average molecular weight is 324 g/mol. The van der Waals surface area contributed by atoms with Crippen LogP contribution in [0, 0.1) is 0 Å². The fourth-order valence-electron chi connectivity index (χ4n) is 2.73. The lowest BCUT2D eigenvalue weighted by molar-refractivity contribution is -0.121. The summed E-state index contributed by atoms with van der Waals surface area (Å²) in [5, 5.41) is 6.44. The van der Waals surface area contributed by atoms with E-state index in [1.54, 1.807) is 0 Å². The predicted molar refractivity (Wildman–Crippen MR) is 87.0 cm³/mol. The molecule has 5 nitrogen and oxygen atoms in total. The van der Waals surface area contributed by atoms with E-state index in [9.17, 15) is 9.59 Å². The summed E-state index contributed by atoms with van der Waals surface area (Å²) >= 11 is 6.00. The van der Waals surface area contributed by atoms with Gasteiger partial charge in [-0.15, -0.1) is 0 Å². The molecule has 0 aromatic heterocycles. The number of rotatable bonds is 5. The quantitative estimate of drug-likeness (QED) is 0.874. The van der Waals surface area contributed by atoms with Gasteiger partial charge in [-0.1, -0.05) is 17.7 Å². The molecule has 0 radical (unpaired) electrons. The molecule has 1 atom stereocenters. The number of nitrogens with zero attached hydrogens (tertiary/aromatic N) is 1. The maximum absolute atomic E-state index is 12.4. The van der Waals surface area contributed by atoms with Crippen molar-refractivity contribution >= 4 is 23.5 Å². The minimum atomic E-state index is -0.207. The van der Waals surface area contributed by atoms with Crippen molar-refractivity contribution in [2.75, 3.05) is 19.6 Å². The fourth-order valence-corrected chi connectivity index (χ4v) is 2.92. The molecule has 22 heavy (non-hydrogen) atoms. The molecule has 2 N–H and O–H groups in total. The fraction of sp³-hybridized carbons (Fsp3) is 0.500. The molecule has 2 rings (SSSR count). The van der Waals surface area contributed by atoms with Gasteiger partial charge in [-0.3, -0.25) is 4.79 Å². The lowest BCUT2D eigenvalue weighted by Gasteiger charge is -2.23. The molecule has 3 amide bonds. The zero-order chi connectivity index (χ0) is 16.1. The molecule has 1 aromatic carbocycles. The highest BCUT2D eigenvalue weighted by atomic mass is 35.5. The van der Waals surface area contributed by atoms with Crippen molar-refractivity contribution in [3.05, 3.63) is 34.3 Å². The lowest BCUT2D eigenvalue weighted by atomic mass is 10.1. The van der Waals surface area contributed by atoms with E-state index in [2.05, 4.69) is 10.6 Å². The maximum Gasteiger partial charge on any atom is 0.318 e. The van der Waals surface area contributed by atoms with Gasteiger partial charge in [-0.05, 0) is 49.9 Å². The maximum atomic E-state index is 12.4. The van der Waals surface area contributed by atoms with E-state index in [1.807, 2.05) is 32.0 Å². The van der Waals surface area contributed by atoms with Crippen LogP contribution in [0.1, 0.15) is 37.4 Å². The molecular formula is C16H22ClN3O2. The first-order valence-electron chi connectivity index (χ1n) is 7.65. The van der Waals surface area contributed by atoms with Gasteiger partial charge in [0.15, 0.2) is 0 Å². The third kappa shape index (κ3) is 3.91. The van der Waals surface area contributed by atoms with Crippen LogP contribution in [0.4, 0.5) is 4.79 Å². The number of amides is 3. The van der Waals surface area contributed by atoms with E-state index in [4.69, 9.17) is 11.6 Å². The largest absolute Gasteiger partial charge is 0.355 e. The number of aryl methyl sites for hydroxylation is 1. The number of benzene rings is 1. The van der Waals surface area contributed by atoms with Crippen LogP contribution in [0.2, 0.25) is 5.02 Å². The first-order valence-corrected chi connectivity index (χ1v) is 8.03. The molecule has 0 saturated carbocycles. The molecular weight excluding hydrogens is 302 g/mol. The number of hydrogen-bond acceptors (Lipinski definition) is 2. The summed E-state index contributed by atoms with van der Waals surface area (Å²) in [6.07, 6.45) is 1.77. The topological polar surface area (TPSA) is 61.4 Å². The summed E-state index contributed by atoms with van der Waals surface area (Å²) in [5.41, 5.74) is 2.30. The molecule has 0 fully saturated rings. The van der Waals surface area contributed by atoms with Gasteiger partial charge in [0.1, 0.15) is 6.54 Å². The molecule has 1 aromatic rings. The van der Waals surface area contributed by atoms with Crippen LogP contribution in [-0.2, 0) is 11.2 Å². The SMILES string of the molecule is CCNC(=O)CN(CC)C(=O)N[C@H]1CCc2cc(Cl)ccc21. The van der Waals surface area contributed by atoms with Crippen LogP contribution in [0.3, 0.4) is 0 Å². The van der Waals surface area contributed by atoms with Gasteiger partial charge in [-0.2, -0.15) is 0 Å². The molecule has 0 heterocycles. The first kappa shape index (κ1) is 16.6. The highest BCUT2D eigenvalue weighted by Crippen LogP contribution is 2.32. The Bertz CT molecular complexity index is 562. The number of urea groups is 1. The van der Waals surface area contributed by atoms with Crippen LogP contribution in [0.25, 0.3) is 0 Å². The lowest BCUT2D eigenvalue weighted by Crippen LogP contribution is -2.46. The highest BCUT2D eigenvalue weighted by molar-refractivity contribution is 6.30. The normalized spacial score (nSPS) is 16.0. The molecule has 0 saturated heterocycles. The van der Waals surface area contributed by atoms with E-state index >= 15 is 0 Å². The van der Waals surface area contributed by atoms with Crippen LogP contribution in [-0.4, -0.2) is 36.5 Å². The summed E-state index contributed by atoms with van der Waals surface area (Å²) in [6, 6.07) is 5.55. The Morgan fingerprint density at radius 3 is 2.82 bits per heavy atom. The van der Waals surface area contributed by atoms with E-state index in [0.717, 1.165) is 23.4 Å². The van der Waals surface area contributed by atoms with Crippen molar-refractivity contribution in [1.29, 1.82) is 0 Å². The van der Waals surface area contributed by atoms with Gasteiger partial charge in [0.25, 0.3) is 0 Å². The Morgan fingerprint density at radius 2 is 2.14 bits per heavy atom. The molecule has 0 aliphatic heterocycles. The predicted octanol–water partition coefficient (Wildman–Crippen LogP) is 2.49. The first-order chi connectivity index (χ1) is 10.5. The second kappa shape index (κ2) is 7.49. The van der Waals surface area contributed by atoms with Gasteiger partial charge >= 0.3 is 6.03 Å². The zero-order valence-electron chi connectivity index (χ0n) is 13.0. The minimum Gasteiger partial charge on any atom is -0.355 e. The number of hydrogen-bond donors (Lipinski definition) is 2. The number of carbonyl (C=O) groups is 2. The zero-order valence-corrected chi connectivity index (χ0v) is 13.7. The Hall–Kier alpha value is -1.75. The number of nitrogens with one attached hydrogen (secondary N) is 2. The molecule has 1 aliphatic rings. The van der Waals surface area contributed by atoms with Crippen molar-refractivity contribution < 1.29 is 9.59 Å². The van der Waals surface area contributed by atoms with Crippen molar-refractivity contribution in [3.8, 4) is 0 Å². The smallest absolute Gasteiger partial charge is 0.318 e. The third-order valence-electron chi connectivity index (χ3n) is 3.86. The molecule has 0 unspecified atom stereocenters. The number of fused-ring (bicyclic) bond motifs is 1. The van der Waals surface area contributed by atoms with E-state index in [1.165, 1.54) is 10.5 Å². The molecule has 120 valence electrons. The second-order valence-electron chi connectivity index (χ2n) is 5.35. The van der Waals surface area contributed by atoms with E-state index in [-0.39, 0.29) is 24.5 Å². The van der Waals surface area contributed by atoms with Gasteiger partial charge in [0, 0.05) is 18.1 Å². The van der Waals surface area contributed by atoms with E-state index < -0.39 is 0 Å². The van der Waals surface area contributed by atoms with Crippen LogP contribution in [0.15, 0.2) is 18.2 Å². The van der Waals surface area contributed by atoms with Crippen molar-refractivity contribution in [3.63, 3.8) is 0 Å².